The third-order valence-electron chi connectivity index (χ3n) is 3.22. The maximum atomic E-state index is 11.6. The second kappa shape index (κ2) is 3.45. The number of aromatic nitrogens is 1. The highest BCUT2D eigenvalue weighted by molar-refractivity contribution is 5.98. The summed E-state index contributed by atoms with van der Waals surface area (Å²) in [6.45, 7) is 0. The fourth-order valence-corrected chi connectivity index (χ4v) is 2.34. The average molecular weight is 229 g/mol. The molecule has 0 spiro atoms. The van der Waals surface area contributed by atoms with Crippen LogP contribution in [0, 0.1) is 0 Å². The number of hydrogen-bond acceptors (Lipinski definition) is 3. The fraction of sp³-hybridized carbons (Fsp3) is 0.231. The van der Waals surface area contributed by atoms with E-state index in [0.717, 1.165) is 16.6 Å². The molecule has 2 heterocycles. The Balaban J connectivity index is 2.15. The maximum Gasteiger partial charge on any atom is 0.323 e. The molecule has 0 amide bonds. The Kier molecular flexibility index (Phi) is 2.04. The Morgan fingerprint density at radius 1 is 1.29 bits per heavy atom. The van der Waals surface area contributed by atoms with Gasteiger partial charge in [0.15, 0.2) is 0 Å². The van der Waals surface area contributed by atoms with Crippen LogP contribution in [-0.2, 0) is 21.4 Å². The van der Waals surface area contributed by atoms with E-state index in [1.165, 1.54) is 0 Å². The quantitative estimate of drug-likeness (QED) is 0.552. The molecule has 1 unspecified atom stereocenters. The molecule has 0 bridgehead atoms. The number of para-hydroxylation sites is 1. The van der Waals surface area contributed by atoms with Crippen molar-refractivity contribution in [1.29, 1.82) is 0 Å². The van der Waals surface area contributed by atoms with Crippen molar-refractivity contribution in [2.45, 2.75) is 12.3 Å². The molecule has 1 aliphatic heterocycles. The molecule has 0 aliphatic carbocycles. The van der Waals surface area contributed by atoms with Crippen molar-refractivity contribution in [2.75, 3.05) is 0 Å². The van der Waals surface area contributed by atoms with Gasteiger partial charge in [-0.05, 0) is 17.5 Å². The van der Waals surface area contributed by atoms with Crippen molar-refractivity contribution in [3.63, 3.8) is 0 Å². The molecule has 1 aliphatic rings. The van der Waals surface area contributed by atoms with Gasteiger partial charge in [-0.2, -0.15) is 0 Å². The molecule has 1 atom stereocenters. The SMILES string of the molecule is Cn1c(C2CC(=O)OC2=O)cc2ccccc21. The number of ether oxygens (including phenoxy) is 1. The van der Waals surface area contributed by atoms with Crippen LogP contribution in [0.5, 0.6) is 0 Å². The van der Waals surface area contributed by atoms with Gasteiger partial charge >= 0.3 is 11.9 Å². The monoisotopic (exact) mass is 229 g/mol. The van der Waals surface area contributed by atoms with Crippen molar-refractivity contribution in [3.8, 4) is 0 Å². The van der Waals surface area contributed by atoms with Gasteiger partial charge in [0.2, 0.25) is 0 Å². The third-order valence-corrected chi connectivity index (χ3v) is 3.22. The molecule has 1 aromatic heterocycles. The summed E-state index contributed by atoms with van der Waals surface area (Å²) in [5, 5.41) is 1.07. The van der Waals surface area contributed by atoms with Gasteiger partial charge in [0.25, 0.3) is 0 Å². The van der Waals surface area contributed by atoms with E-state index in [4.69, 9.17) is 0 Å². The van der Waals surface area contributed by atoms with Crippen LogP contribution in [-0.4, -0.2) is 16.5 Å². The lowest BCUT2D eigenvalue weighted by molar-refractivity contribution is -0.152. The number of carbonyl (C=O) groups is 2. The van der Waals surface area contributed by atoms with E-state index in [1.807, 2.05) is 41.9 Å². The summed E-state index contributed by atoms with van der Waals surface area (Å²) in [5.41, 5.74) is 1.89. The number of carbonyl (C=O) groups excluding carboxylic acids is 2. The Bertz CT molecular complexity index is 627. The molecule has 17 heavy (non-hydrogen) atoms. The Morgan fingerprint density at radius 3 is 2.71 bits per heavy atom. The first-order chi connectivity index (χ1) is 8.16. The summed E-state index contributed by atoms with van der Waals surface area (Å²) in [6, 6.07) is 9.82. The van der Waals surface area contributed by atoms with Gasteiger partial charge in [-0.25, -0.2) is 0 Å². The largest absolute Gasteiger partial charge is 0.393 e. The van der Waals surface area contributed by atoms with Gasteiger partial charge in [0.05, 0.1) is 6.42 Å². The lowest BCUT2D eigenvalue weighted by Crippen LogP contribution is -2.09. The molecule has 3 rings (SSSR count). The van der Waals surface area contributed by atoms with Crippen LogP contribution in [0.2, 0.25) is 0 Å². The van der Waals surface area contributed by atoms with Crippen LogP contribution in [0.15, 0.2) is 30.3 Å². The first kappa shape index (κ1) is 10.1. The van der Waals surface area contributed by atoms with Gasteiger partial charge < -0.3 is 9.30 Å². The highest BCUT2D eigenvalue weighted by Crippen LogP contribution is 2.31. The van der Waals surface area contributed by atoms with Crippen LogP contribution in [0.3, 0.4) is 0 Å². The van der Waals surface area contributed by atoms with Crippen LogP contribution in [0.25, 0.3) is 10.9 Å². The predicted molar refractivity (Wildman–Crippen MR) is 61.4 cm³/mol. The molecule has 86 valence electrons. The van der Waals surface area contributed by atoms with Gasteiger partial charge in [0.1, 0.15) is 5.92 Å². The molecule has 0 N–H and O–H groups in total. The summed E-state index contributed by atoms with van der Waals surface area (Å²) in [7, 11) is 1.90. The van der Waals surface area contributed by atoms with Crippen LogP contribution < -0.4 is 0 Å². The first-order valence-corrected chi connectivity index (χ1v) is 5.45. The lowest BCUT2D eigenvalue weighted by Gasteiger charge is -2.06. The number of rotatable bonds is 1. The molecule has 4 nitrogen and oxygen atoms in total. The second-order valence-electron chi connectivity index (χ2n) is 4.24. The predicted octanol–water partition coefficient (Wildman–Crippen LogP) is 1.74. The zero-order chi connectivity index (χ0) is 12.0. The van der Waals surface area contributed by atoms with E-state index in [9.17, 15) is 9.59 Å². The molecule has 1 aromatic carbocycles. The van der Waals surface area contributed by atoms with E-state index in [2.05, 4.69) is 4.74 Å². The van der Waals surface area contributed by atoms with Crippen LogP contribution >= 0.6 is 0 Å². The number of benzene rings is 1. The highest BCUT2D eigenvalue weighted by Gasteiger charge is 2.36. The summed E-state index contributed by atoms with van der Waals surface area (Å²) in [6.07, 6.45) is 0.142. The Hall–Kier alpha value is -2.10. The Morgan fingerprint density at radius 2 is 2.06 bits per heavy atom. The number of cyclic esters (lactones) is 2. The lowest BCUT2D eigenvalue weighted by atomic mass is 10.0. The van der Waals surface area contributed by atoms with E-state index >= 15 is 0 Å². The van der Waals surface area contributed by atoms with E-state index in [1.54, 1.807) is 0 Å². The standard InChI is InChI=1S/C13H11NO3/c1-14-10-5-3-2-4-8(10)6-11(14)9-7-12(15)17-13(9)16/h2-6,9H,7H2,1H3. The van der Waals surface area contributed by atoms with Crippen molar-refractivity contribution in [1.82, 2.24) is 4.57 Å². The van der Waals surface area contributed by atoms with Crippen LogP contribution in [0.1, 0.15) is 18.0 Å². The summed E-state index contributed by atoms with van der Waals surface area (Å²) >= 11 is 0. The van der Waals surface area contributed by atoms with Crippen molar-refractivity contribution in [2.24, 2.45) is 7.05 Å². The molecule has 0 saturated carbocycles. The number of esters is 2. The minimum Gasteiger partial charge on any atom is -0.393 e. The molecule has 2 aromatic rings. The van der Waals surface area contributed by atoms with Crippen molar-refractivity contribution < 1.29 is 14.3 Å². The maximum absolute atomic E-state index is 11.6. The van der Waals surface area contributed by atoms with Crippen LogP contribution in [0.4, 0.5) is 0 Å². The van der Waals surface area contributed by atoms with Crippen molar-refractivity contribution in [3.05, 3.63) is 36.0 Å². The topological polar surface area (TPSA) is 48.3 Å². The molecule has 0 radical (unpaired) electrons. The fourth-order valence-electron chi connectivity index (χ4n) is 2.34. The summed E-state index contributed by atoms with van der Waals surface area (Å²) < 4.78 is 6.53. The third kappa shape index (κ3) is 1.45. The van der Waals surface area contributed by atoms with Gasteiger partial charge in [-0.3, -0.25) is 9.59 Å². The normalized spacial score (nSPS) is 19.9. The second-order valence-corrected chi connectivity index (χ2v) is 4.24. The number of aryl methyl sites for hydroxylation is 1. The zero-order valence-electron chi connectivity index (χ0n) is 9.34. The average Bonchev–Trinajstić information content (AvgIpc) is 2.80. The van der Waals surface area contributed by atoms with E-state index in [-0.39, 0.29) is 6.42 Å². The highest BCUT2D eigenvalue weighted by atomic mass is 16.6. The molecule has 1 fully saturated rings. The summed E-state index contributed by atoms with van der Waals surface area (Å²) in [4.78, 5) is 22.7. The van der Waals surface area contributed by atoms with Gasteiger partial charge in [-0.15, -0.1) is 0 Å². The van der Waals surface area contributed by atoms with Crippen molar-refractivity contribution >= 4 is 22.8 Å². The molecular formula is C13H11NO3. The van der Waals surface area contributed by atoms with E-state index in [0.29, 0.717) is 0 Å². The van der Waals surface area contributed by atoms with Gasteiger partial charge in [-0.1, -0.05) is 18.2 Å². The minimum atomic E-state index is -0.458. The minimum absolute atomic E-state index is 0.142. The first-order valence-electron chi connectivity index (χ1n) is 5.45. The zero-order valence-corrected chi connectivity index (χ0v) is 9.34. The van der Waals surface area contributed by atoms with E-state index < -0.39 is 17.9 Å². The smallest absolute Gasteiger partial charge is 0.323 e. The summed E-state index contributed by atoms with van der Waals surface area (Å²) in [5.74, 6) is -1.34. The molecular weight excluding hydrogens is 218 g/mol. The molecule has 4 heteroatoms. The number of hydrogen-bond donors (Lipinski definition) is 0. The molecule has 1 saturated heterocycles. The van der Waals surface area contributed by atoms with Gasteiger partial charge in [0, 0.05) is 18.3 Å². The number of nitrogens with zero attached hydrogens (tertiary/aromatic N) is 1. The Labute approximate surface area is 97.8 Å². The number of fused-ring (bicyclic) bond motifs is 1.